The first-order valence-electron chi connectivity index (χ1n) is 2.46. The van der Waals surface area contributed by atoms with Crippen LogP contribution in [-0.2, 0) is 9.84 Å². The van der Waals surface area contributed by atoms with E-state index in [1.54, 1.807) is 0 Å². The fraction of sp³-hybridized carbons (Fsp3) is 1.00. The van der Waals surface area contributed by atoms with Crippen LogP contribution in [0.25, 0.3) is 0 Å². The molecule has 0 bridgehead atoms. The van der Waals surface area contributed by atoms with Crippen LogP contribution >= 0.6 is 0 Å². The van der Waals surface area contributed by atoms with Crippen LogP contribution in [0.3, 0.4) is 0 Å². The quantitative estimate of drug-likeness (QED) is 0.605. The topological polar surface area (TPSA) is 34.1 Å². The zero-order valence-electron chi connectivity index (χ0n) is 4.97. The van der Waals surface area contributed by atoms with E-state index in [-0.39, 0.29) is 5.75 Å². The molecule has 0 saturated carbocycles. The lowest BCUT2D eigenvalue weighted by atomic mass is 10.9. The van der Waals surface area contributed by atoms with Crippen molar-refractivity contribution in [2.75, 3.05) is 11.5 Å². The highest BCUT2D eigenvalue weighted by Crippen LogP contribution is 1.98. The van der Waals surface area contributed by atoms with Crippen LogP contribution < -0.4 is 0 Å². The maximum absolute atomic E-state index is 11.3. The van der Waals surface area contributed by atoms with E-state index in [9.17, 15) is 17.2 Å². The average Bonchev–Trinajstić information content (AvgIpc) is 1.63. The first-order valence-corrected chi connectivity index (χ1v) is 4.28. The van der Waals surface area contributed by atoms with Crippen LogP contribution in [-0.4, -0.2) is 26.3 Å². The van der Waals surface area contributed by atoms with Crippen molar-refractivity contribution in [2.24, 2.45) is 0 Å². The number of hydrogen-bond donors (Lipinski definition) is 0. The van der Waals surface area contributed by atoms with Gasteiger partial charge in [-0.3, -0.25) is 0 Å². The average molecular weight is 158 g/mol. The van der Waals surface area contributed by atoms with E-state index in [0.717, 1.165) is 0 Å². The minimum Gasteiger partial charge on any atom is -0.229 e. The lowest BCUT2D eigenvalue weighted by Crippen LogP contribution is -2.14. The Bertz CT molecular complexity index is 161. The number of hydrogen-bond acceptors (Lipinski definition) is 2. The molecule has 0 amide bonds. The number of sulfone groups is 1. The van der Waals surface area contributed by atoms with E-state index in [1.165, 1.54) is 6.92 Å². The lowest BCUT2D eigenvalue weighted by Gasteiger charge is -1.96. The summed E-state index contributed by atoms with van der Waals surface area (Å²) < 4.78 is 43.3. The van der Waals surface area contributed by atoms with E-state index >= 15 is 0 Å². The van der Waals surface area contributed by atoms with E-state index in [1.807, 2.05) is 0 Å². The second kappa shape index (κ2) is 3.10. The molecule has 0 aromatic carbocycles. The van der Waals surface area contributed by atoms with E-state index in [0.29, 0.717) is 0 Å². The SMILES string of the molecule is CCS(=O)(=O)CC(F)F. The molecule has 0 atom stereocenters. The Labute approximate surface area is 52.8 Å². The lowest BCUT2D eigenvalue weighted by molar-refractivity contribution is 0.174. The van der Waals surface area contributed by atoms with Gasteiger partial charge in [0.2, 0.25) is 0 Å². The summed E-state index contributed by atoms with van der Waals surface area (Å²) in [5.74, 6) is -1.22. The van der Waals surface area contributed by atoms with Crippen LogP contribution in [0.1, 0.15) is 6.92 Å². The fourth-order valence-electron chi connectivity index (χ4n) is 0.310. The minimum atomic E-state index is -3.47. The van der Waals surface area contributed by atoms with E-state index in [4.69, 9.17) is 0 Å². The molecule has 0 rings (SSSR count). The summed E-state index contributed by atoms with van der Waals surface area (Å²) >= 11 is 0. The molecule has 9 heavy (non-hydrogen) atoms. The van der Waals surface area contributed by atoms with Gasteiger partial charge < -0.3 is 0 Å². The Hall–Kier alpha value is -0.190. The Morgan fingerprint density at radius 2 is 1.89 bits per heavy atom. The molecule has 0 radical (unpaired) electrons. The van der Waals surface area contributed by atoms with Crippen molar-refractivity contribution in [1.29, 1.82) is 0 Å². The van der Waals surface area contributed by atoms with Gasteiger partial charge in [0.15, 0.2) is 9.84 Å². The number of alkyl halides is 2. The van der Waals surface area contributed by atoms with Crippen molar-refractivity contribution in [3.63, 3.8) is 0 Å². The standard InChI is InChI=1S/C4H8F2O2S/c1-2-9(7,8)3-4(5)6/h4H,2-3H2,1H3. The zero-order chi connectivity index (χ0) is 7.49. The largest absolute Gasteiger partial charge is 0.252 e. The van der Waals surface area contributed by atoms with E-state index < -0.39 is 22.0 Å². The molecule has 0 fully saturated rings. The van der Waals surface area contributed by atoms with Gasteiger partial charge in [-0.2, -0.15) is 0 Å². The van der Waals surface area contributed by atoms with Gasteiger partial charge in [-0.25, -0.2) is 17.2 Å². The van der Waals surface area contributed by atoms with Crippen LogP contribution in [0.4, 0.5) is 8.78 Å². The third kappa shape index (κ3) is 4.32. The molecule has 56 valence electrons. The molecular weight excluding hydrogens is 150 g/mol. The van der Waals surface area contributed by atoms with Gasteiger partial charge in [-0.05, 0) is 0 Å². The fourth-order valence-corrected chi connectivity index (χ4v) is 0.929. The van der Waals surface area contributed by atoms with Crippen LogP contribution in [0, 0.1) is 0 Å². The van der Waals surface area contributed by atoms with Gasteiger partial charge in [-0.15, -0.1) is 0 Å². The molecule has 0 unspecified atom stereocenters. The van der Waals surface area contributed by atoms with Crippen LogP contribution in [0.5, 0.6) is 0 Å². The van der Waals surface area contributed by atoms with Crippen LogP contribution in [0.2, 0.25) is 0 Å². The van der Waals surface area contributed by atoms with Gasteiger partial charge in [0.25, 0.3) is 6.43 Å². The second-order valence-corrected chi connectivity index (χ2v) is 3.99. The predicted octanol–water partition coefficient (Wildman–Crippen LogP) is 0.686. The van der Waals surface area contributed by atoms with Crippen molar-refractivity contribution < 1.29 is 17.2 Å². The summed E-state index contributed by atoms with van der Waals surface area (Å²) in [5.41, 5.74) is 0. The normalized spacial score (nSPS) is 12.4. The van der Waals surface area contributed by atoms with Gasteiger partial charge in [0, 0.05) is 5.75 Å². The van der Waals surface area contributed by atoms with Gasteiger partial charge in [-0.1, -0.05) is 6.92 Å². The van der Waals surface area contributed by atoms with Gasteiger partial charge >= 0.3 is 0 Å². The third-order valence-electron chi connectivity index (χ3n) is 0.820. The molecule has 0 aliphatic carbocycles. The number of halogens is 2. The molecule has 0 N–H and O–H groups in total. The van der Waals surface area contributed by atoms with Crippen LogP contribution in [0.15, 0.2) is 0 Å². The summed E-state index contributed by atoms with van der Waals surface area (Å²) in [6.07, 6.45) is -2.74. The predicted molar refractivity (Wildman–Crippen MR) is 30.3 cm³/mol. The van der Waals surface area contributed by atoms with Crippen molar-refractivity contribution >= 4 is 9.84 Å². The molecule has 0 spiro atoms. The Kier molecular flexibility index (Phi) is 3.03. The van der Waals surface area contributed by atoms with Crippen molar-refractivity contribution in [3.8, 4) is 0 Å². The molecule has 5 heteroatoms. The van der Waals surface area contributed by atoms with Crippen molar-refractivity contribution in [3.05, 3.63) is 0 Å². The highest BCUT2D eigenvalue weighted by Gasteiger charge is 2.14. The van der Waals surface area contributed by atoms with Crippen molar-refractivity contribution in [2.45, 2.75) is 13.3 Å². The Morgan fingerprint density at radius 1 is 1.44 bits per heavy atom. The van der Waals surface area contributed by atoms with Crippen molar-refractivity contribution in [1.82, 2.24) is 0 Å². The monoisotopic (exact) mass is 158 g/mol. The highest BCUT2D eigenvalue weighted by atomic mass is 32.2. The van der Waals surface area contributed by atoms with Gasteiger partial charge in [0.05, 0.1) is 0 Å². The maximum Gasteiger partial charge on any atom is 0.252 e. The minimum absolute atomic E-state index is 0.211. The molecule has 0 aliphatic rings. The smallest absolute Gasteiger partial charge is 0.229 e. The molecule has 0 aliphatic heterocycles. The zero-order valence-corrected chi connectivity index (χ0v) is 5.79. The second-order valence-electron chi connectivity index (χ2n) is 1.59. The molecule has 0 saturated heterocycles. The molecule has 0 aromatic rings. The molecular formula is C4H8F2O2S. The first kappa shape index (κ1) is 8.81. The Balaban J connectivity index is 3.90. The highest BCUT2D eigenvalue weighted by molar-refractivity contribution is 7.91. The van der Waals surface area contributed by atoms with Gasteiger partial charge in [0.1, 0.15) is 5.75 Å². The summed E-state index contributed by atoms with van der Waals surface area (Å²) in [6, 6.07) is 0. The first-order chi connectivity index (χ1) is 3.98. The number of rotatable bonds is 3. The summed E-state index contributed by atoms with van der Waals surface area (Å²) in [6.45, 7) is 1.34. The summed E-state index contributed by atoms with van der Waals surface area (Å²) in [7, 11) is -3.47. The Morgan fingerprint density at radius 3 is 2.00 bits per heavy atom. The maximum atomic E-state index is 11.3. The summed E-state index contributed by atoms with van der Waals surface area (Å²) in [4.78, 5) is 0. The molecule has 0 heterocycles. The summed E-state index contributed by atoms with van der Waals surface area (Å²) in [5, 5.41) is 0. The molecule has 0 aromatic heterocycles. The van der Waals surface area contributed by atoms with E-state index in [2.05, 4.69) is 0 Å². The third-order valence-corrected chi connectivity index (χ3v) is 2.46. The molecule has 2 nitrogen and oxygen atoms in total.